The zero-order valence-electron chi connectivity index (χ0n) is 20.4. The molecule has 0 saturated carbocycles. The molecule has 0 aliphatic carbocycles. The van der Waals surface area contributed by atoms with E-state index in [4.69, 9.17) is 47.1 Å². The first kappa shape index (κ1) is 25.3. The number of anilines is 1. The van der Waals surface area contributed by atoms with E-state index in [0.29, 0.717) is 49.6 Å². The maximum Gasteiger partial charge on any atom is 0.411 e. The molecule has 39 heavy (non-hydrogen) atoms. The summed E-state index contributed by atoms with van der Waals surface area (Å²) in [5.74, 6) is 1.40. The smallest absolute Gasteiger partial charge is 0.411 e. The van der Waals surface area contributed by atoms with Gasteiger partial charge in [-0.3, -0.25) is 5.32 Å². The monoisotopic (exact) mass is 584 g/mol. The molecule has 0 saturated heterocycles. The lowest BCUT2D eigenvalue weighted by Gasteiger charge is -2.26. The van der Waals surface area contributed by atoms with Crippen molar-refractivity contribution in [2.75, 3.05) is 25.6 Å². The van der Waals surface area contributed by atoms with Crippen LogP contribution in [0.5, 0.6) is 17.4 Å². The Morgan fingerprint density at radius 2 is 1.95 bits per heavy atom. The highest BCUT2D eigenvalue weighted by molar-refractivity contribution is 7.22. The van der Waals surface area contributed by atoms with Gasteiger partial charge in [0.25, 0.3) is 0 Å². The van der Waals surface area contributed by atoms with Gasteiger partial charge < -0.3 is 18.9 Å². The van der Waals surface area contributed by atoms with Crippen molar-refractivity contribution in [2.45, 2.75) is 13.0 Å². The molecule has 1 aliphatic heterocycles. The number of nitrogens with zero attached hydrogens (tertiary/aromatic N) is 5. The van der Waals surface area contributed by atoms with Crippen molar-refractivity contribution in [2.24, 2.45) is 0 Å². The lowest BCUT2D eigenvalue weighted by atomic mass is 10.1. The summed E-state index contributed by atoms with van der Waals surface area (Å²) in [6, 6.07) is 5.60. The second-order valence-corrected chi connectivity index (χ2v) is 10.2. The highest BCUT2D eigenvalue weighted by Crippen LogP contribution is 2.47. The zero-order chi connectivity index (χ0) is 27.1. The van der Waals surface area contributed by atoms with Crippen LogP contribution in [-0.4, -0.2) is 57.4 Å². The Bertz CT molecular complexity index is 1730. The number of rotatable bonds is 5. The average Bonchev–Trinajstić information content (AvgIpc) is 3.38. The number of fused-ring (bicyclic) bond motifs is 4. The molecule has 14 heteroatoms. The van der Waals surface area contributed by atoms with Crippen molar-refractivity contribution in [3.8, 4) is 28.0 Å². The van der Waals surface area contributed by atoms with E-state index < -0.39 is 12.2 Å². The minimum atomic E-state index is -0.693. The molecule has 4 heterocycles. The van der Waals surface area contributed by atoms with Crippen LogP contribution in [0.2, 0.25) is 10.3 Å². The van der Waals surface area contributed by atoms with Gasteiger partial charge in [0.05, 0.1) is 47.4 Å². The van der Waals surface area contributed by atoms with Crippen molar-refractivity contribution < 1.29 is 23.7 Å². The van der Waals surface area contributed by atoms with E-state index in [1.807, 2.05) is 19.1 Å². The summed E-state index contributed by atoms with van der Waals surface area (Å²) in [7, 11) is 1.55. The molecule has 5 aromatic rings. The first-order valence-electron chi connectivity index (χ1n) is 11.5. The lowest BCUT2D eigenvalue weighted by molar-refractivity contribution is 0.0383. The third-order valence-electron chi connectivity index (χ3n) is 5.72. The third-order valence-corrected chi connectivity index (χ3v) is 7.29. The number of amides is 1. The van der Waals surface area contributed by atoms with Crippen molar-refractivity contribution in [1.82, 2.24) is 24.9 Å². The van der Waals surface area contributed by atoms with Crippen LogP contribution in [0.3, 0.4) is 0 Å². The molecular weight excluding hydrogens is 567 g/mol. The van der Waals surface area contributed by atoms with Crippen LogP contribution in [0.25, 0.3) is 31.8 Å². The van der Waals surface area contributed by atoms with E-state index >= 15 is 0 Å². The number of ether oxygens (including phenoxy) is 4. The summed E-state index contributed by atoms with van der Waals surface area (Å²) in [5, 5.41) is 3.71. The summed E-state index contributed by atoms with van der Waals surface area (Å²) in [5.41, 5.74) is 4.16. The molecule has 1 amide bonds. The molecule has 6 rings (SSSR count). The molecule has 198 valence electrons. The van der Waals surface area contributed by atoms with Gasteiger partial charge in [-0.1, -0.05) is 11.6 Å². The molecule has 0 spiro atoms. The maximum atomic E-state index is 12.1. The lowest BCUT2D eigenvalue weighted by Crippen LogP contribution is -2.35. The fourth-order valence-corrected chi connectivity index (χ4v) is 5.51. The Kier molecular flexibility index (Phi) is 6.67. The minimum absolute atomic E-state index is 0.0548. The van der Waals surface area contributed by atoms with E-state index in [9.17, 15) is 4.79 Å². The van der Waals surface area contributed by atoms with Gasteiger partial charge in [-0.15, -0.1) is 11.3 Å². The number of aromatic nitrogens is 5. The Balaban J connectivity index is 1.24. The summed E-state index contributed by atoms with van der Waals surface area (Å²) >= 11 is 13.7. The molecule has 1 aliphatic rings. The van der Waals surface area contributed by atoms with Crippen LogP contribution in [0.15, 0.2) is 36.8 Å². The summed E-state index contributed by atoms with van der Waals surface area (Å²) < 4.78 is 23.3. The predicted octanol–water partition coefficient (Wildman–Crippen LogP) is 5.71. The summed E-state index contributed by atoms with van der Waals surface area (Å²) in [6.07, 6.45) is 3.07. The largest absolute Gasteiger partial charge is 0.484 e. The van der Waals surface area contributed by atoms with E-state index in [1.54, 1.807) is 19.4 Å². The van der Waals surface area contributed by atoms with E-state index in [2.05, 4.69) is 25.3 Å². The number of nitrogens with one attached hydrogen (secondary N) is 1. The number of benzene rings is 2. The number of methoxy groups -OCH3 is 1. The second-order valence-electron chi connectivity index (χ2n) is 8.49. The third kappa shape index (κ3) is 5.05. The molecule has 2 aromatic carbocycles. The van der Waals surface area contributed by atoms with Crippen LogP contribution in [-0.2, 0) is 4.74 Å². The van der Waals surface area contributed by atoms with Gasteiger partial charge in [0.15, 0.2) is 17.6 Å². The van der Waals surface area contributed by atoms with E-state index in [0.717, 1.165) is 15.8 Å². The Labute approximate surface area is 235 Å². The number of carbonyl (C=O) groups is 1. The Morgan fingerprint density at radius 3 is 2.74 bits per heavy atom. The van der Waals surface area contributed by atoms with Crippen LogP contribution < -0.4 is 19.5 Å². The number of hydrogen-bond acceptors (Lipinski definition) is 11. The number of halogens is 2. The number of aryl methyl sites for hydroxylation is 1. The van der Waals surface area contributed by atoms with Gasteiger partial charge in [-0.25, -0.2) is 29.7 Å². The summed E-state index contributed by atoms with van der Waals surface area (Å²) in [4.78, 5) is 33.6. The van der Waals surface area contributed by atoms with Gasteiger partial charge in [-0.05, 0) is 36.2 Å². The number of carbonyl (C=O) groups excluding carboxylic acids is 1. The molecular formula is C25H18Cl2N6O5S. The van der Waals surface area contributed by atoms with Crippen LogP contribution >= 0.6 is 34.5 Å². The molecule has 0 bridgehead atoms. The van der Waals surface area contributed by atoms with Crippen molar-refractivity contribution >= 4 is 67.6 Å². The average molecular weight is 585 g/mol. The normalized spacial score (nSPS) is 14.4. The number of hydrogen-bond donors (Lipinski definition) is 1. The van der Waals surface area contributed by atoms with Gasteiger partial charge in [0.1, 0.15) is 28.4 Å². The summed E-state index contributed by atoms with van der Waals surface area (Å²) in [6.45, 7) is 2.09. The Morgan fingerprint density at radius 1 is 1.13 bits per heavy atom. The van der Waals surface area contributed by atoms with E-state index in [1.165, 1.54) is 23.7 Å². The second kappa shape index (κ2) is 10.3. The van der Waals surface area contributed by atoms with Crippen molar-refractivity contribution in [1.29, 1.82) is 0 Å². The minimum Gasteiger partial charge on any atom is -0.484 e. The van der Waals surface area contributed by atoms with Crippen molar-refractivity contribution in [3.63, 3.8) is 0 Å². The van der Waals surface area contributed by atoms with Gasteiger partial charge >= 0.3 is 6.09 Å². The molecule has 0 unspecified atom stereocenters. The molecule has 0 fully saturated rings. The van der Waals surface area contributed by atoms with Crippen LogP contribution in [0.4, 0.5) is 10.5 Å². The fourth-order valence-electron chi connectivity index (χ4n) is 4.02. The standard InChI is InChI=1S/C25H18Cl2N6O5S/c1-11-3-14(19-16(4-11)32-18(35-2)8-28-19)23-33-20-15(26)5-17-21(22(20)39-23)36-9-13(38-17)10-37-25(34)31-12-6-29-24(27)30-7-12/h3-8,13H,9-10H2,1-2H3,(H,31,34)/t13-/m1/s1. The van der Waals surface area contributed by atoms with Crippen molar-refractivity contribution in [3.05, 3.63) is 52.7 Å². The van der Waals surface area contributed by atoms with Gasteiger partial charge in [0, 0.05) is 11.6 Å². The molecule has 3 aromatic heterocycles. The van der Waals surface area contributed by atoms with E-state index in [-0.39, 0.29) is 18.5 Å². The zero-order valence-corrected chi connectivity index (χ0v) is 22.7. The SMILES string of the molecule is COc1cnc2c(-c3nc4c(Cl)cc5c(c4s3)OC[C@H](COC(=O)Nc3cnc(Cl)nc3)O5)cc(C)cc2n1. The fraction of sp³-hybridized carbons (Fsp3) is 0.200. The molecule has 1 N–H and O–H groups in total. The highest BCUT2D eigenvalue weighted by atomic mass is 35.5. The Hall–Kier alpha value is -4.00. The van der Waals surface area contributed by atoms with Crippen LogP contribution in [0.1, 0.15) is 5.56 Å². The molecule has 1 atom stereocenters. The topological polar surface area (TPSA) is 130 Å². The molecule has 11 nitrogen and oxygen atoms in total. The van der Waals surface area contributed by atoms with Gasteiger partial charge in [0.2, 0.25) is 11.2 Å². The molecule has 0 radical (unpaired) electrons. The van der Waals surface area contributed by atoms with Crippen LogP contribution in [0, 0.1) is 6.92 Å². The van der Waals surface area contributed by atoms with Gasteiger partial charge in [-0.2, -0.15) is 0 Å². The first-order chi connectivity index (χ1) is 18.9. The quantitative estimate of drug-likeness (QED) is 0.256. The number of thiazole rings is 1. The predicted molar refractivity (Wildman–Crippen MR) is 146 cm³/mol. The first-order valence-corrected chi connectivity index (χ1v) is 13.1. The maximum absolute atomic E-state index is 12.1. The highest BCUT2D eigenvalue weighted by Gasteiger charge is 2.28.